The molecular weight excluding hydrogens is 524 g/mol. The Balaban J connectivity index is 1.68. The number of hydrogen-bond donors (Lipinski definition) is 1. The number of carbonyl (C=O) groups excluding carboxylic acids is 1. The quantitative estimate of drug-likeness (QED) is 0.355. The van der Waals surface area contributed by atoms with Gasteiger partial charge in [0, 0.05) is 0 Å². The van der Waals surface area contributed by atoms with Crippen LogP contribution >= 0.6 is 50.9 Å². The predicted molar refractivity (Wildman–Crippen MR) is 113 cm³/mol. The van der Waals surface area contributed by atoms with Gasteiger partial charge in [0.2, 0.25) is 0 Å². The molecule has 0 aliphatic carbocycles. The Bertz CT molecular complexity index is 967. The van der Waals surface area contributed by atoms with E-state index in [1.807, 2.05) is 31.2 Å². The van der Waals surface area contributed by atoms with Crippen molar-refractivity contribution in [1.29, 1.82) is 0 Å². The number of halogens is 3. The van der Waals surface area contributed by atoms with Crippen molar-refractivity contribution in [2.24, 2.45) is 0 Å². The second kappa shape index (κ2) is 8.91. The van der Waals surface area contributed by atoms with E-state index in [9.17, 15) is 4.79 Å². The molecular formula is C17H12BrCl2N3OSSe. The molecule has 9 heteroatoms. The van der Waals surface area contributed by atoms with Crippen molar-refractivity contribution < 1.29 is 4.79 Å². The predicted octanol–water partition coefficient (Wildman–Crippen LogP) is 5.31. The fourth-order valence-electron chi connectivity index (χ4n) is 2.13. The van der Waals surface area contributed by atoms with E-state index in [1.54, 1.807) is 12.1 Å². The zero-order valence-electron chi connectivity index (χ0n) is 13.4. The van der Waals surface area contributed by atoms with E-state index in [2.05, 4.69) is 30.4 Å². The standard InChI is InChI=1S/C17H12BrCl2N3OSSe/c1-9-2-5-14(11(18)6-9)21-15(24)8-25-17-16(22-23-26-17)10-3-4-12(19)13(20)7-10/h2-7H,8H2,1H3,(H,21,24). The molecule has 1 aromatic heterocycles. The molecule has 0 unspecified atom stereocenters. The summed E-state index contributed by atoms with van der Waals surface area (Å²) in [5.41, 5.74) is 3.49. The molecule has 0 atom stereocenters. The van der Waals surface area contributed by atoms with Crippen LogP contribution < -0.4 is 5.32 Å². The Morgan fingerprint density at radius 3 is 2.77 bits per heavy atom. The van der Waals surface area contributed by atoms with Gasteiger partial charge in [0.25, 0.3) is 0 Å². The number of rotatable bonds is 5. The zero-order valence-corrected chi connectivity index (χ0v) is 19.1. The van der Waals surface area contributed by atoms with Crippen molar-refractivity contribution >= 4 is 77.2 Å². The molecule has 134 valence electrons. The molecule has 0 aliphatic heterocycles. The molecule has 1 amide bonds. The van der Waals surface area contributed by atoms with E-state index in [-0.39, 0.29) is 26.4 Å². The number of aromatic nitrogens is 2. The van der Waals surface area contributed by atoms with Gasteiger partial charge in [0.05, 0.1) is 0 Å². The molecule has 1 heterocycles. The fraction of sp³-hybridized carbons (Fsp3) is 0.118. The minimum absolute atomic E-state index is 0.0803. The average molecular weight is 536 g/mol. The number of anilines is 1. The second-order valence-corrected chi connectivity index (χ2v) is 10.2. The van der Waals surface area contributed by atoms with Gasteiger partial charge in [0.15, 0.2) is 0 Å². The Kier molecular flexibility index (Phi) is 6.83. The molecule has 0 bridgehead atoms. The topological polar surface area (TPSA) is 54.9 Å². The van der Waals surface area contributed by atoms with Gasteiger partial charge in [-0.3, -0.25) is 0 Å². The van der Waals surface area contributed by atoms with Crippen molar-refractivity contribution in [3.05, 3.63) is 56.5 Å². The molecule has 0 saturated heterocycles. The maximum absolute atomic E-state index is 12.3. The molecule has 0 fully saturated rings. The van der Waals surface area contributed by atoms with Crippen molar-refractivity contribution in [1.82, 2.24) is 9.19 Å². The van der Waals surface area contributed by atoms with E-state index in [1.165, 1.54) is 11.8 Å². The van der Waals surface area contributed by atoms with Gasteiger partial charge in [-0.2, -0.15) is 0 Å². The number of carbonyl (C=O) groups is 1. The van der Waals surface area contributed by atoms with Crippen molar-refractivity contribution in [3.63, 3.8) is 0 Å². The number of hydrogen-bond acceptors (Lipinski definition) is 4. The van der Waals surface area contributed by atoms with Crippen molar-refractivity contribution in [3.8, 4) is 11.3 Å². The van der Waals surface area contributed by atoms with Crippen LogP contribution in [0.3, 0.4) is 0 Å². The molecule has 1 N–H and O–H groups in total. The van der Waals surface area contributed by atoms with Crippen LogP contribution in [-0.2, 0) is 4.79 Å². The normalized spacial score (nSPS) is 10.8. The van der Waals surface area contributed by atoms with Crippen LogP contribution in [0.2, 0.25) is 10.0 Å². The minimum atomic E-state index is -0.128. The van der Waals surface area contributed by atoms with E-state index in [0.717, 1.165) is 30.8 Å². The van der Waals surface area contributed by atoms with E-state index < -0.39 is 0 Å². The molecule has 3 aromatic rings. The molecule has 0 radical (unpaired) electrons. The van der Waals surface area contributed by atoms with Gasteiger partial charge in [-0.25, -0.2) is 0 Å². The number of aryl methyl sites for hydroxylation is 1. The van der Waals surface area contributed by atoms with Gasteiger partial charge in [0.1, 0.15) is 0 Å². The summed E-state index contributed by atoms with van der Waals surface area (Å²) in [6.45, 7) is 2.00. The average Bonchev–Trinajstić information content (AvgIpc) is 3.06. The van der Waals surface area contributed by atoms with Crippen LogP contribution in [0.25, 0.3) is 11.3 Å². The summed E-state index contributed by atoms with van der Waals surface area (Å²) in [4.78, 5) is 12.3. The third-order valence-corrected chi connectivity index (χ3v) is 7.87. The Morgan fingerprint density at radius 1 is 1.23 bits per heavy atom. The van der Waals surface area contributed by atoms with Gasteiger partial charge in [-0.05, 0) is 0 Å². The van der Waals surface area contributed by atoms with Crippen molar-refractivity contribution in [2.45, 2.75) is 10.7 Å². The summed E-state index contributed by atoms with van der Waals surface area (Å²) < 4.78 is 5.99. The fourth-order valence-corrected chi connectivity index (χ4v) is 5.51. The first-order valence-electron chi connectivity index (χ1n) is 7.40. The molecule has 0 saturated carbocycles. The van der Waals surface area contributed by atoms with Crippen LogP contribution in [-0.4, -0.2) is 35.6 Å². The third kappa shape index (κ3) is 4.91. The number of thioether (sulfide) groups is 1. The number of benzene rings is 2. The van der Waals surface area contributed by atoms with Crippen LogP contribution in [0.1, 0.15) is 5.56 Å². The SMILES string of the molecule is Cc1ccc(NC(=O)CSc2[se]nnc2-c2ccc(Cl)c(Cl)c2)c(Br)c1. The molecule has 0 spiro atoms. The van der Waals surface area contributed by atoms with E-state index in [0.29, 0.717) is 10.0 Å². The first-order valence-corrected chi connectivity index (χ1v) is 11.6. The monoisotopic (exact) mass is 535 g/mol. The molecule has 4 nitrogen and oxygen atoms in total. The Hall–Kier alpha value is -0.821. The van der Waals surface area contributed by atoms with Crippen LogP contribution in [0.5, 0.6) is 0 Å². The summed E-state index contributed by atoms with van der Waals surface area (Å²) >= 11 is 16.8. The van der Waals surface area contributed by atoms with Gasteiger partial charge in [-0.1, -0.05) is 0 Å². The van der Waals surface area contributed by atoms with Crippen LogP contribution in [0, 0.1) is 6.92 Å². The van der Waals surface area contributed by atoms with Gasteiger partial charge >= 0.3 is 181 Å². The summed E-state index contributed by atoms with van der Waals surface area (Å²) in [5, 5.41) is 8.09. The molecule has 3 rings (SSSR count). The number of amides is 1. The van der Waals surface area contributed by atoms with Crippen LogP contribution in [0.4, 0.5) is 5.69 Å². The van der Waals surface area contributed by atoms with E-state index in [4.69, 9.17) is 23.2 Å². The summed E-state index contributed by atoms with van der Waals surface area (Å²) in [6, 6.07) is 11.2. The first-order chi connectivity index (χ1) is 12.4. The summed E-state index contributed by atoms with van der Waals surface area (Å²) in [6.07, 6.45) is 0. The second-order valence-electron chi connectivity index (χ2n) is 5.36. The van der Waals surface area contributed by atoms with Crippen LogP contribution in [0.15, 0.2) is 44.6 Å². The van der Waals surface area contributed by atoms with Gasteiger partial charge < -0.3 is 0 Å². The van der Waals surface area contributed by atoms with Gasteiger partial charge in [-0.15, -0.1) is 0 Å². The van der Waals surface area contributed by atoms with E-state index >= 15 is 0 Å². The summed E-state index contributed by atoms with van der Waals surface area (Å²) in [7, 11) is 0. The third-order valence-electron chi connectivity index (χ3n) is 3.38. The molecule has 2 aromatic carbocycles. The first kappa shape index (κ1) is 19.9. The molecule has 0 aliphatic rings. The summed E-state index contributed by atoms with van der Waals surface area (Å²) in [5.74, 6) is 0.205. The Morgan fingerprint density at radius 2 is 2.04 bits per heavy atom. The maximum atomic E-state index is 12.3. The molecule has 26 heavy (non-hydrogen) atoms. The Labute approximate surface area is 179 Å². The van der Waals surface area contributed by atoms with Crippen molar-refractivity contribution in [2.75, 3.05) is 11.1 Å². The number of nitrogens with zero attached hydrogens (tertiary/aromatic N) is 2. The zero-order chi connectivity index (χ0) is 18.7. The number of nitrogens with one attached hydrogen (secondary N) is 1.